The van der Waals surface area contributed by atoms with Crippen LogP contribution in [0.15, 0.2) is 51.1 Å². The fraction of sp³-hybridized carbons (Fsp3) is 0.286. The van der Waals surface area contributed by atoms with Gasteiger partial charge in [0.1, 0.15) is 11.5 Å². The lowest BCUT2D eigenvalue weighted by Gasteiger charge is -2.10. The van der Waals surface area contributed by atoms with Gasteiger partial charge in [0.2, 0.25) is 0 Å². The van der Waals surface area contributed by atoms with Crippen LogP contribution in [-0.4, -0.2) is 29.7 Å². The minimum atomic E-state index is 0.0485. The molecule has 0 aliphatic rings. The van der Waals surface area contributed by atoms with Crippen LogP contribution in [0.1, 0.15) is 35.3 Å². The number of carbonyl (C=O) groups excluding carboxylic acids is 1. The van der Waals surface area contributed by atoms with Crippen molar-refractivity contribution in [3.8, 4) is 11.5 Å². The van der Waals surface area contributed by atoms with Crippen molar-refractivity contribution >= 4 is 40.6 Å². The first-order chi connectivity index (χ1) is 14.1. The van der Waals surface area contributed by atoms with E-state index < -0.39 is 0 Å². The normalized spacial score (nSPS) is 10.7. The molecule has 29 heavy (non-hydrogen) atoms. The Kier molecular flexibility index (Phi) is 7.97. The Balaban J connectivity index is 1.60. The van der Waals surface area contributed by atoms with E-state index in [4.69, 9.17) is 9.47 Å². The Morgan fingerprint density at radius 3 is 2.34 bits per heavy atom. The predicted octanol–water partition coefficient (Wildman–Crippen LogP) is 5.73. The largest absolute Gasteiger partial charge is 0.497 e. The predicted molar refractivity (Wildman–Crippen MR) is 120 cm³/mol. The smallest absolute Gasteiger partial charge is 0.175 e. The van der Waals surface area contributed by atoms with E-state index in [0.29, 0.717) is 17.9 Å². The molecule has 0 saturated heterocycles. The highest BCUT2D eigenvalue weighted by molar-refractivity contribution is 8.02. The second kappa shape index (κ2) is 10.7. The van der Waals surface area contributed by atoms with Crippen molar-refractivity contribution in [3.63, 3.8) is 0 Å². The monoisotopic (exact) mass is 446 g/mol. The van der Waals surface area contributed by atoms with Crippen LogP contribution < -0.4 is 9.47 Å². The van der Waals surface area contributed by atoms with E-state index in [1.807, 2.05) is 31.2 Å². The van der Waals surface area contributed by atoms with Gasteiger partial charge in [0, 0.05) is 22.6 Å². The van der Waals surface area contributed by atoms with Crippen LogP contribution in [-0.2, 0) is 11.5 Å². The average molecular weight is 447 g/mol. The maximum absolute atomic E-state index is 11.7. The molecule has 0 aliphatic carbocycles. The van der Waals surface area contributed by atoms with Gasteiger partial charge in [0.05, 0.1) is 13.7 Å². The summed E-state index contributed by atoms with van der Waals surface area (Å²) >= 11 is 4.85. The van der Waals surface area contributed by atoms with E-state index in [2.05, 4.69) is 22.3 Å². The van der Waals surface area contributed by atoms with Gasteiger partial charge in [-0.05, 0) is 49.7 Å². The lowest BCUT2D eigenvalue weighted by Crippen LogP contribution is -1.99. The summed E-state index contributed by atoms with van der Waals surface area (Å²) < 4.78 is 12.7. The average Bonchev–Trinajstić information content (AvgIpc) is 3.20. The molecule has 0 amide bonds. The van der Waals surface area contributed by atoms with Gasteiger partial charge in [-0.2, -0.15) is 0 Å². The van der Waals surface area contributed by atoms with E-state index in [-0.39, 0.29) is 5.78 Å². The SMILES string of the molecule is CCOc1ccc(C(C)=O)cc1CSc1nnc(SCc2ccc(OC)cc2)s1. The molecule has 3 aromatic rings. The van der Waals surface area contributed by atoms with Crippen LogP contribution in [0.4, 0.5) is 0 Å². The molecule has 0 N–H and O–H groups in total. The standard InChI is InChI=1S/C21H22N2O3S3/c1-4-26-19-10-7-16(14(2)24)11-17(19)13-28-21-23-22-20(29-21)27-12-15-5-8-18(25-3)9-6-15/h5-11H,4,12-13H2,1-3H3. The Morgan fingerprint density at radius 2 is 1.72 bits per heavy atom. The molecule has 0 atom stereocenters. The second-order valence-corrected chi connectivity index (χ2v) is 9.49. The molecule has 0 bridgehead atoms. The molecule has 0 spiro atoms. The number of thioether (sulfide) groups is 2. The van der Waals surface area contributed by atoms with E-state index >= 15 is 0 Å². The first-order valence-corrected chi connectivity index (χ1v) is 11.9. The summed E-state index contributed by atoms with van der Waals surface area (Å²) in [6.07, 6.45) is 0. The topological polar surface area (TPSA) is 61.3 Å². The van der Waals surface area contributed by atoms with Crippen LogP contribution in [0.5, 0.6) is 11.5 Å². The zero-order chi connectivity index (χ0) is 20.6. The van der Waals surface area contributed by atoms with Crippen LogP contribution in [0.3, 0.4) is 0 Å². The van der Waals surface area contributed by atoms with Crippen LogP contribution in [0, 0.1) is 0 Å². The molecule has 0 radical (unpaired) electrons. The summed E-state index contributed by atoms with van der Waals surface area (Å²) in [5.41, 5.74) is 2.90. The summed E-state index contributed by atoms with van der Waals surface area (Å²) in [7, 11) is 1.66. The molecule has 5 nitrogen and oxygen atoms in total. The summed E-state index contributed by atoms with van der Waals surface area (Å²) in [4.78, 5) is 11.7. The molecule has 0 saturated carbocycles. The van der Waals surface area contributed by atoms with Gasteiger partial charge < -0.3 is 9.47 Å². The highest BCUT2D eigenvalue weighted by atomic mass is 32.2. The van der Waals surface area contributed by atoms with Crippen molar-refractivity contribution < 1.29 is 14.3 Å². The Morgan fingerprint density at radius 1 is 1.03 bits per heavy atom. The van der Waals surface area contributed by atoms with E-state index in [9.17, 15) is 4.79 Å². The molecule has 2 aromatic carbocycles. The van der Waals surface area contributed by atoms with Crippen LogP contribution in [0.2, 0.25) is 0 Å². The molecule has 1 aromatic heterocycles. The summed E-state index contributed by atoms with van der Waals surface area (Å²) in [5, 5.41) is 8.57. The minimum Gasteiger partial charge on any atom is -0.497 e. The van der Waals surface area contributed by atoms with Gasteiger partial charge in [0.15, 0.2) is 14.5 Å². The number of hydrogen-bond acceptors (Lipinski definition) is 8. The van der Waals surface area contributed by atoms with Crippen molar-refractivity contribution in [1.29, 1.82) is 0 Å². The van der Waals surface area contributed by atoms with Gasteiger partial charge in [-0.1, -0.05) is 47.0 Å². The quantitative estimate of drug-likeness (QED) is 0.291. The van der Waals surface area contributed by atoms with E-state index in [1.165, 1.54) is 5.56 Å². The highest BCUT2D eigenvalue weighted by Crippen LogP contribution is 2.34. The second-order valence-electron chi connectivity index (χ2n) is 6.07. The number of carbonyl (C=O) groups is 1. The van der Waals surface area contributed by atoms with Crippen LogP contribution in [0.25, 0.3) is 0 Å². The molecular formula is C21H22N2O3S3. The third kappa shape index (κ3) is 6.22. The minimum absolute atomic E-state index is 0.0485. The number of rotatable bonds is 10. The van der Waals surface area contributed by atoms with Gasteiger partial charge in [-0.15, -0.1) is 10.2 Å². The van der Waals surface area contributed by atoms with Crippen molar-refractivity contribution in [1.82, 2.24) is 10.2 Å². The number of hydrogen-bond donors (Lipinski definition) is 0. The van der Waals surface area contributed by atoms with E-state index in [0.717, 1.165) is 31.5 Å². The van der Waals surface area contributed by atoms with Crippen LogP contribution >= 0.6 is 34.9 Å². The Hall–Kier alpha value is -2.03. The fourth-order valence-corrected chi connectivity index (χ4v) is 5.48. The van der Waals surface area contributed by atoms with Crippen molar-refractivity contribution in [3.05, 3.63) is 59.2 Å². The number of ketones is 1. The zero-order valence-corrected chi connectivity index (χ0v) is 19.0. The highest BCUT2D eigenvalue weighted by Gasteiger charge is 2.11. The molecule has 0 aliphatic heterocycles. The molecule has 0 unspecified atom stereocenters. The number of Topliss-reactive ketones (excluding diaryl/α,β-unsaturated/α-hetero) is 1. The van der Waals surface area contributed by atoms with Gasteiger partial charge in [0.25, 0.3) is 0 Å². The Labute approximate surface area is 183 Å². The first-order valence-electron chi connectivity index (χ1n) is 9.07. The van der Waals surface area contributed by atoms with Crippen molar-refractivity contribution in [2.24, 2.45) is 0 Å². The van der Waals surface area contributed by atoms with Gasteiger partial charge in [-0.25, -0.2) is 0 Å². The number of methoxy groups -OCH3 is 1. The Bertz CT molecular complexity index is 958. The first kappa shape index (κ1) is 21.7. The molecule has 3 rings (SSSR count). The summed E-state index contributed by atoms with van der Waals surface area (Å²) in [6.45, 7) is 4.11. The number of aromatic nitrogens is 2. The third-order valence-corrected chi connectivity index (χ3v) is 7.34. The maximum atomic E-state index is 11.7. The number of nitrogens with zero attached hydrogens (tertiary/aromatic N) is 2. The van der Waals surface area contributed by atoms with Crippen molar-refractivity contribution in [2.75, 3.05) is 13.7 Å². The van der Waals surface area contributed by atoms with Gasteiger partial charge in [-0.3, -0.25) is 4.79 Å². The van der Waals surface area contributed by atoms with E-state index in [1.54, 1.807) is 55.0 Å². The zero-order valence-electron chi connectivity index (χ0n) is 16.5. The number of ether oxygens (including phenoxy) is 2. The number of benzene rings is 2. The maximum Gasteiger partial charge on any atom is 0.175 e. The third-order valence-electron chi connectivity index (χ3n) is 4.03. The van der Waals surface area contributed by atoms with Gasteiger partial charge >= 0.3 is 0 Å². The molecule has 152 valence electrons. The fourth-order valence-electron chi connectivity index (χ4n) is 2.53. The molecular weight excluding hydrogens is 424 g/mol. The molecule has 8 heteroatoms. The lowest BCUT2D eigenvalue weighted by atomic mass is 10.1. The van der Waals surface area contributed by atoms with Crippen molar-refractivity contribution in [2.45, 2.75) is 34.0 Å². The summed E-state index contributed by atoms with van der Waals surface area (Å²) in [5.74, 6) is 3.22. The summed E-state index contributed by atoms with van der Waals surface area (Å²) in [6, 6.07) is 13.6. The molecule has 0 fully saturated rings. The molecule has 1 heterocycles. The lowest BCUT2D eigenvalue weighted by molar-refractivity contribution is 0.101.